The normalized spacial score (nSPS) is 24.2. The Hall–Kier alpha value is -3.32. The van der Waals surface area contributed by atoms with Crippen LogP contribution in [0.25, 0.3) is 0 Å². The first-order chi connectivity index (χ1) is 20.5. The molecule has 4 N–H and O–H groups in total. The summed E-state index contributed by atoms with van der Waals surface area (Å²) in [6.07, 6.45) is 7.00. The van der Waals surface area contributed by atoms with Crippen molar-refractivity contribution in [3.8, 4) is 0 Å². The first kappa shape index (κ1) is 31.1. The number of carbonyl (C=O) groups is 5. The number of nitrogens with zero attached hydrogens (tertiary/aromatic N) is 1. The molecule has 6 rings (SSSR count). The van der Waals surface area contributed by atoms with Crippen LogP contribution in [0.4, 0.5) is 5.69 Å². The van der Waals surface area contributed by atoms with Crippen LogP contribution in [-0.4, -0.2) is 53.1 Å². The van der Waals surface area contributed by atoms with E-state index >= 15 is 0 Å². The van der Waals surface area contributed by atoms with Gasteiger partial charge in [-0.1, -0.05) is 0 Å². The standard InChI is InChI=1S/C30H36BrN5O6S/c1-15-20(31)14-43-26(15)29(41)33-21(5-6-23(37)28(40)32-2)27(39)34-22-4-3-7-36(30(22)42)13-24(38)35-25-18-9-16-8-17(11-18)12-19(25)10-16/h3-4,7,14,16-19,21,25H,5-6,8-13H2,1-2H3,(H,32,40)(H,33,41)(H,34,39)(H,35,38)/t16?,17?,18?,19?,21-,25?/m0/s1. The summed E-state index contributed by atoms with van der Waals surface area (Å²) >= 11 is 4.56. The van der Waals surface area contributed by atoms with Crippen molar-refractivity contribution in [1.82, 2.24) is 20.5 Å². The maximum atomic E-state index is 13.3. The lowest BCUT2D eigenvalue weighted by Crippen LogP contribution is -2.56. The molecule has 0 aromatic carbocycles. The maximum absolute atomic E-state index is 13.3. The summed E-state index contributed by atoms with van der Waals surface area (Å²) in [5.74, 6) is -0.452. The third-order valence-corrected chi connectivity index (χ3v) is 11.3. The number of pyridine rings is 1. The fourth-order valence-corrected chi connectivity index (χ4v) is 8.62. The molecule has 43 heavy (non-hydrogen) atoms. The topological polar surface area (TPSA) is 155 Å². The molecule has 4 saturated carbocycles. The highest BCUT2D eigenvalue weighted by Gasteiger charge is 2.48. The second-order valence-corrected chi connectivity index (χ2v) is 13.7. The summed E-state index contributed by atoms with van der Waals surface area (Å²) in [6, 6.07) is 1.91. The number of thiophene rings is 1. The zero-order valence-electron chi connectivity index (χ0n) is 24.1. The average molecular weight is 675 g/mol. The SMILES string of the molecule is CNC(=O)C(=O)CC[C@H](NC(=O)c1scc(Br)c1C)C(=O)Nc1cccn(CC(=O)NC2C3CC4CC(C3)CC2C4)c1=O. The summed E-state index contributed by atoms with van der Waals surface area (Å²) in [5.41, 5.74) is 0.0588. The Bertz CT molecular complexity index is 1470. The van der Waals surface area contributed by atoms with Gasteiger partial charge in [-0.05, 0) is 103 Å². The number of Topliss-reactive ketones (excluding diaryl/α,β-unsaturated/α-hetero) is 1. The lowest BCUT2D eigenvalue weighted by Gasteiger charge is -2.54. The van der Waals surface area contributed by atoms with Gasteiger partial charge in [0.15, 0.2) is 0 Å². The quantitative estimate of drug-likeness (QED) is 0.269. The molecule has 4 aliphatic carbocycles. The summed E-state index contributed by atoms with van der Waals surface area (Å²) in [5, 5.41) is 12.4. The van der Waals surface area contributed by atoms with E-state index in [0.717, 1.165) is 42.0 Å². The van der Waals surface area contributed by atoms with E-state index in [1.807, 2.05) is 0 Å². The fourth-order valence-electron chi connectivity index (χ4n) is 7.16. The van der Waals surface area contributed by atoms with Crippen LogP contribution in [0.15, 0.2) is 33.0 Å². The van der Waals surface area contributed by atoms with Gasteiger partial charge in [-0.25, -0.2) is 0 Å². The molecule has 0 radical (unpaired) electrons. The predicted octanol–water partition coefficient (Wildman–Crippen LogP) is 2.75. The Kier molecular flexibility index (Phi) is 9.50. The van der Waals surface area contributed by atoms with Crippen LogP contribution in [0.1, 0.15) is 60.2 Å². The highest BCUT2D eigenvalue weighted by molar-refractivity contribution is 9.10. The number of anilines is 1. The second-order valence-electron chi connectivity index (χ2n) is 12.0. The number of nitrogens with one attached hydrogen (secondary N) is 4. The Morgan fingerprint density at radius 3 is 2.35 bits per heavy atom. The lowest BCUT2D eigenvalue weighted by atomic mass is 9.54. The van der Waals surface area contributed by atoms with Crippen molar-refractivity contribution in [2.24, 2.45) is 23.7 Å². The summed E-state index contributed by atoms with van der Waals surface area (Å²) in [4.78, 5) is 76.9. The van der Waals surface area contributed by atoms with E-state index in [4.69, 9.17) is 0 Å². The number of ketones is 1. The Labute approximate surface area is 261 Å². The average Bonchev–Trinajstić information content (AvgIpc) is 3.31. The van der Waals surface area contributed by atoms with Gasteiger partial charge in [0.1, 0.15) is 18.3 Å². The minimum atomic E-state index is -1.21. The minimum absolute atomic E-state index is 0.0677. The Morgan fingerprint density at radius 1 is 1.07 bits per heavy atom. The van der Waals surface area contributed by atoms with Crippen LogP contribution < -0.4 is 26.8 Å². The molecular weight excluding hydrogens is 638 g/mol. The number of hydrogen-bond donors (Lipinski definition) is 4. The zero-order chi connectivity index (χ0) is 30.8. The van der Waals surface area contributed by atoms with Gasteiger partial charge in [-0.3, -0.25) is 28.8 Å². The van der Waals surface area contributed by atoms with Gasteiger partial charge in [0, 0.05) is 35.6 Å². The first-order valence-corrected chi connectivity index (χ1v) is 16.3. The maximum Gasteiger partial charge on any atom is 0.287 e. The number of halogens is 1. The van der Waals surface area contributed by atoms with Gasteiger partial charge in [-0.15, -0.1) is 11.3 Å². The Balaban J connectivity index is 1.25. The van der Waals surface area contributed by atoms with E-state index in [2.05, 4.69) is 37.2 Å². The van der Waals surface area contributed by atoms with E-state index in [1.165, 1.54) is 41.6 Å². The van der Waals surface area contributed by atoms with E-state index in [0.29, 0.717) is 22.3 Å². The molecule has 4 aliphatic rings. The molecule has 2 aromatic rings. The molecule has 230 valence electrons. The summed E-state index contributed by atoms with van der Waals surface area (Å²) < 4.78 is 1.99. The molecule has 1 atom stereocenters. The largest absolute Gasteiger partial charge is 0.353 e. The van der Waals surface area contributed by atoms with Gasteiger partial charge in [0.05, 0.1) is 4.88 Å². The van der Waals surface area contributed by atoms with Crippen molar-refractivity contribution < 1.29 is 24.0 Å². The molecule has 4 fully saturated rings. The van der Waals surface area contributed by atoms with E-state index in [9.17, 15) is 28.8 Å². The van der Waals surface area contributed by atoms with Crippen LogP contribution in [0.3, 0.4) is 0 Å². The van der Waals surface area contributed by atoms with Crippen molar-refractivity contribution >= 4 is 62.4 Å². The van der Waals surface area contributed by atoms with Crippen molar-refractivity contribution in [1.29, 1.82) is 0 Å². The number of hydrogen-bond acceptors (Lipinski definition) is 7. The number of amides is 4. The van der Waals surface area contributed by atoms with Crippen LogP contribution in [0, 0.1) is 30.6 Å². The van der Waals surface area contributed by atoms with Crippen LogP contribution in [-0.2, 0) is 25.7 Å². The van der Waals surface area contributed by atoms with Crippen molar-refractivity contribution in [3.05, 3.63) is 49.0 Å². The third-order valence-electron chi connectivity index (χ3n) is 9.09. The number of rotatable bonds is 11. The molecule has 11 nitrogen and oxygen atoms in total. The van der Waals surface area contributed by atoms with E-state index in [1.54, 1.807) is 18.4 Å². The van der Waals surface area contributed by atoms with Gasteiger partial charge in [0.25, 0.3) is 17.4 Å². The molecule has 2 aromatic heterocycles. The van der Waals surface area contributed by atoms with Crippen LogP contribution in [0.5, 0.6) is 0 Å². The minimum Gasteiger partial charge on any atom is -0.353 e. The fraction of sp³-hybridized carbons (Fsp3) is 0.533. The molecule has 0 spiro atoms. The van der Waals surface area contributed by atoms with Gasteiger partial charge >= 0.3 is 0 Å². The van der Waals surface area contributed by atoms with Gasteiger partial charge in [-0.2, -0.15) is 0 Å². The molecule has 13 heteroatoms. The molecule has 2 heterocycles. The number of likely N-dealkylation sites (N-methyl/N-ethyl adjacent to an activating group) is 1. The Morgan fingerprint density at radius 2 is 1.74 bits per heavy atom. The van der Waals surface area contributed by atoms with Crippen LogP contribution >= 0.6 is 27.3 Å². The monoisotopic (exact) mass is 673 g/mol. The molecular formula is C30H36BrN5O6S. The lowest BCUT2D eigenvalue weighted by molar-refractivity contribution is -0.137. The molecule has 4 bridgehead atoms. The van der Waals surface area contributed by atoms with Crippen molar-refractivity contribution in [3.63, 3.8) is 0 Å². The smallest absolute Gasteiger partial charge is 0.287 e. The van der Waals surface area contributed by atoms with E-state index < -0.39 is 35.1 Å². The second kappa shape index (κ2) is 13.1. The number of aromatic nitrogens is 1. The number of carbonyl (C=O) groups excluding carboxylic acids is 5. The molecule has 0 saturated heterocycles. The third kappa shape index (κ3) is 6.93. The molecule has 0 unspecified atom stereocenters. The predicted molar refractivity (Wildman–Crippen MR) is 165 cm³/mol. The van der Waals surface area contributed by atoms with Crippen molar-refractivity contribution in [2.45, 2.75) is 70.5 Å². The molecule has 0 aliphatic heterocycles. The summed E-state index contributed by atoms with van der Waals surface area (Å²) in [7, 11) is 1.33. The highest BCUT2D eigenvalue weighted by atomic mass is 79.9. The highest BCUT2D eigenvalue weighted by Crippen LogP contribution is 2.53. The van der Waals surface area contributed by atoms with Gasteiger partial charge in [0.2, 0.25) is 17.6 Å². The van der Waals surface area contributed by atoms with Crippen molar-refractivity contribution in [2.75, 3.05) is 12.4 Å². The summed E-state index contributed by atoms with van der Waals surface area (Å²) in [6.45, 7) is 1.57. The zero-order valence-corrected chi connectivity index (χ0v) is 26.5. The van der Waals surface area contributed by atoms with E-state index in [-0.39, 0.29) is 37.0 Å². The molecule has 4 amide bonds. The van der Waals surface area contributed by atoms with Gasteiger partial charge < -0.3 is 25.8 Å². The van der Waals surface area contributed by atoms with Crippen LogP contribution in [0.2, 0.25) is 0 Å². The first-order valence-electron chi connectivity index (χ1n) is 14.6.